The van der Waals surface area contributed by atoms with Gasteiger partial charge in [0, 0.05) is 5.02 Å². The van der Waals surface area contributed by atoms with Gasteiger partial charge in [0.1, 0.15) is 0 Å². The minimum atomic E-state index is 0.452. The van der Waals surface area contributed by atoms with Crippen LogP contribution in [0.4, 0.5) is 0 Å². The first kappa shape index (κ1) is 8.98. The van der Waals surface area contributed by atoms with Gasteiger partial charge in [0.25, 0.3) is 0 Å². The van der Waals surface area contributed by atoms with E-state index < -0.39 is 0 Å². The average Bonchev–Trinajstić information content (AvgIpc) is 2.09. The maximum atomic E-state index is 9.76. The molecule has 2 nitrogen and oxygen atoms in total. The van der Waals surface area contributed by atoms with Crippen molar-refractivity contribution in [2.75, 3.05) is 6.54 Å². The molecule has 0 N–H and O–H groups in total. The van der Waals surface area contributed by atoms with Gasteiger partial charge in [-0.05, 0) is 18.1 Å². The van der Waals surface area contributed by atoms with Crippen molar-refractivity contribution < 1.29 is 4.79 Å². The Bertz CT molecular complexity index is 305. The third-order valence-electron chi connectivity index (χ3n) is 1.52. The summed E-state index contributed by atoms with van der Waals surface area (Å²) in [6.45, 7) is 0.452. The van der Waals surface area contributed by atoms with Gasteiger partial charge in [-0.15, -0.1) is 0 Å². The summed E-state index contributed by atoms with van der Waals surface area (Å²) >= 11 is 5.86. The van der Waals surface area contributed by atoms with Crippen molar-refractivity contribution in [3.63, 3.8) is 0 Å². The molecule has 0 saturated carbocycles. The number of benzene rings is 1. The Morgan fingerprint density at radius 1 is 1.42 bits per heavy atom. The first-order valence-corrected chi connectivity index (χ1v) is 3.99. The van der Waals surface area contributed by atoms with Crippen LogP contribution in [0.5, 0.6) is 0 Å². The number of halogens is 1. The highest BCUT2D eigenvalue weighted by Gasteiger charge is 1.96. The molecule has 1 rings (SSSR count). The number of hydrogen-bond acceptors (Lipinski definition) is 2. The van der Waals surface area contributed by atoms with E-state index in [1.807, 2.05) is 24.3 Å². The Labute approximate surface area is 75.9 Å². The lowest BCUT2D eigenvalue weighted by Gasteiger charge is -1.98. The molecule has 0 unspecified atom stereocenters. The topological polar surface area (TPSA) is 29.4 Å². The second-order valence-corrected chi connectivity index (χ2v) is 2.72. The van der Waals surface area contributed by atoms with E-state index in [0.29, 0.717) is 13.0 Å². The normalized spacial score (nSPS) is 9.08. The molecule has 0 aromatic heterocycles. The van der Waals surface area contributed by atoms with Gasteiger partial charge in [-0.1, -0.05) is 29.8 Å². The highest BCUT2D eigenvalue weighted by Crippen LogP contribution is 2.14. The Hall–Kier alpha value is -1.11. The molecule has 0 heterocycles. The molecule has 0 spiro atoms. The van der Waals surface area contributed by atoms with E-state index >= 15 is 0 Å². The zero-order chi connectivity index (χ0) is 8.81. The summed E-state index contributed by atoms with van der Waals surface area (Å²) in [4.78, 5) is 13.2. The van der Waals surface area contributed by atoms with Crippen LogP contribution in [0.25, 0.3) is 0 Å². The lowest BCUT2D eigenvalue weighted by molar-refractivity contribution is 0.563. The third kappa shape index (κ3) is 2.50. The first-order valence-electron chi connectivity index (χ1n) is 3.61. The highest BCUT2D eigenvalue weighted by atomic mass is 35.5. The van der Waals surface area contributed by atoms with E-state index in [2.05, 4.69) is 4.99 Å². The summed E-state index contributed by atoms with van der Waals surface area (Å²) in [5.74, 6) is 0. The molecule has 0 aliphatic rings. The Morgan fingerprint density at radius 3 is 2.83 bits per heavy atom. The molecule has 0 radical (unpaired) electrons. The van der Waals surface area contributed by atoms with Gasteiger partial charge in [0.15, 0.2) is 0 Å². The molecular formula is C9H8ClNO. The largest absolute Gasteiger partial charge is 0.234 e. The SMILES string of the molecule is O=C=NCCc1ccccc1Cl. The lowest BCUT2D eigenvalue weighted by Crippen LogP contribution is -1.89. The third-order valence-corrected chi connectivity index (χ3v) is 1.88. The molecule has 1 aromatic carbocycles. The van der Waals surface area contributed by atoms with Crippen molar-refractivity contribution in [2.45, 2.75) is 6.42 Å². The first-order chi connectivity index (χ1) is 5.84. The molecule has 0 saturated heterocycles. The minimum absolute atomic E-state index is 0.452. The van der Waals surface area contributed by atoms with Gasteiger partial charge >= 0.3 is 0 Å². The smallest absolute Gasteiger partial charge is 0.211 e. The van der Waals surface area contributed by atoms with E-state index in [9.17, 15) is 4.79 Å². The second-order valence-electron chi connectivity index (χ2n) is 2.31. The van der Waals surface area contributed by atoms with E-state index in [1.165, 1.54) is 6.08 Å². The van der Waals surface area contributed by atoms with Crippen molar-refractivity contribution >= 4 is 17.7 Å². The fourth-order valence-electron chi connectivity index (χ4n) is 0.923. The Morgan fingerprint density at radius 2 is 2.17 bits per heavy atom. The monoisotopic (exact) mass is 181 g/mol. The van der Waals surface area contributed by atoms with Crippen LogP contribution in [-0.2, 0) is 11.2 Å². The van der Waals surface area contributed by atoms with Crippen LogP contribution < -0.4 is 0 Å². The number of aliphatic imine (C=N–C) groups is 1. The van der Waals surface area contributed by atoms with E-state index in [-0.39, 0.29) is 0 Å². The lowest BCUT2D eigenvalue weighted by atomic mass is 10.1. The molecule has 0 amide bonds. The fraction of sp³-hybridized carbons (Fsp3) is 0.222. The van der Waals surface area contributed by atoms with Gasteiger partial charge in [0.2, 0.25) is 6.08 Å². The van der Waals surface area contributed by atoms with Crippen molar-refractivity contribution in [1.29, 1.82) is 0 Å². The predicted octanol–water partition coefficient (Wildman–Crippen LogP) is 2.22. The molecule has 62 valence electrons. The van der Waals surface area contributed by atoms with Crippen LogP contribution in [0.2, 0.25) is 5.02 Å². The van der Waals surface area contributed by atoms with Gasteiger partial charge in [-0.2, -0.15) is 0 Å². The van der Waals surface area contributed by atoms with Crippen molar-refractivity contribution in [2.24, 2.45) is 4.99 Å². The van der Waals surface area contributed by atoms with Crippen LogP contribution in [-0.4, -0.2) is 12.6 Å². The molecule has 3 heteroatoms. The van der Waals surface area contributed by atoms with E-state index in [1.54, 1.807) is 0 Å². The number of hydrogen-bond donors (Lipinski definition) is 0. The van der Waals surface area contributed by atoms with Gasteiger partial charge < -0.3 is 0 Å². The predicted molar refractivity (Wildman–Crippen MR) is 48.1 cm³/mol. The quantitative estimate of drug-likeness (QED) is 0.519. The summed E-state index contributed by atoms with van der Waals surface area (Å²) in [7, 11) is 0. The molecule has 1 aromatic rings. The second kappa shape index (κ2) is 4.70. The van der Waals surface area contributed by atoms with Crippen LogP contribution in [0, 0.1) is 0 Å². The summed E-state index contributed by atoms with van der Waals surface area (Å²) in [6, 6.07) is 7.52. The molecular weight excluding hydrogens is 174 g/mol. The summed E-state index contributed by atoms with van der Waals surface area (Å²) in [5.41, 5.74) is 1.01. The Balaban J connectivity index is 2.62. The zero-order valence-corrected chi connectivity index (χ0v) is 7.21. The maximum Gasteiger partial charge on any atom is 0.234 e. The molecule has 0 aliphatic carbocycles. The number of nitrogens with zero attached hydrogens (tertiary/aromatic N) is 1. The van der Waals surface area contributed by atoms with E-state index in [4.69, 9.17) is 11.6 Å². The molecule has 0 atom stereocenters. The maximum absolute atomic E-state index is 9.76. The zero-order valence-electron chi connectivity index (χ0n) is 6.46. The van der Waals surface area contributed by atoms with Crippen LogP contribution in [0.1, 0.15) is 5.56 Å². The van der Waals surface area contributed by atoms with Gasteiger partial charge in [-0.3, -0.25) is 0 Å². The highest BCUT2D eigenvalue weighted by molar-refractivity contribution is 6.31. The average molecular weight is 182 g/mol. The Kier molecular flexibility index (Phi) is 3.52. The summed E-state index contributed by atoms with van der Waals surface area (Å²) in [6.07, 6.45) is 2.18. The molecule has 0 aliphatic heterocycles. The number of rotatable bonds is 3. The van der Waals surface area contributed by atoms with E-state index in [0.717, 1.165) is 10.6 Å². The summed E-state index contributed by atoms with van der Waals surface area (Å²) in [5, 5.41) is 0.721. The summed E-state index contributed by atoms with van der Waals surface area (Å²) < 4.78 is 0. The van der Waals surface area contributed by atoms with Crippen molar-refractivity contribution in [3.05, 3.63) is 34.9 Å². The van der Waals surface area contributed by atoms with Crippen LogP contribution in [0.15, 0.2) is 29.3 Å². The van der Waals surface area contributed by atoms with Crippen molar-refractivity contribution in [1.82, 2.24) is 0 Å². The van der Waals surface area contributed by atoms with Crippen LogP contribution in [0.3, 0.4) is 0 Å². The number of isocyanates is 1. The van der Waals surface area contributed by atoms with Crippen LogP contribution >= 0.6 is 11.6 Å². The fourth-order valence-corrected chi connectivity index (χ4v) is 1.15. The number of carbonyl (C=O) groups excluding carboxylic acids is 1. The molecule has 0 fully saturated rings. The van der Waals surface area contributed by atoms with Gasteiger partial charge in [0.05, 0.1) is 6.54 Å². The van der Waals surface area contributed by atoms with Crippen molar-refractivity contribution in [3.8, 4) is 0 Å². The molecule has 0 bridgehead atoms. The van der Waals surface area contributed by atoms with Gasteiger partial charge in [-0.25, -0.2) is 9.79 Å². The molecule has 12 heavy (non-hydrogen) atoms. The standard InChI is InChI=1S/C9H8ClNO/c10-9-4-2-1-3-8(9)5-6-11-7-12/h1-4H,5-6H2. The minimum Gasteiger partial charge on any atom is -0.211 e.